The van der Waals surface area contributed by atoms with Crippen LogP contribution in [0.2, 0.25) is 0 Å². The molecule has 9 aromatic carbocycles. The van der Waals surface area contributed by atoms with Gasteiger partial charge < -0.3 is 4.90 Å². The van der Waals surface area contributed by atoms with Crippen LogP contribution in [0.25, 0.3) is 56.2 Å². The third kappa shape index (κ3) is 6.73. The molecule has 0 saturated heterocycles. The molecule has 292 valence electrons. The average Bonchev–Trinajstić information content (AvgIpc) is 3.36. The van der Waals surface area contributed by atoms with Crippen molar-refractivity contribution in [3.63, 3.8) is 0 Å². The van der Waals surface area contributed by atoms with Crippen molar-refractivity contribution in [2.45, 2.75) is 0 Å². The standard InChI is InChI=1S/C58H41N3Si/c1-5-17-42(18-6-1)56-41-57-47-23-13-19-43(37-47)45-21-15-25-50(39-45)61(51-26-16-22-46(40-51)44-20-14-24-48(38-44)58(59-56)60-57)49-33-35-55(36-34-49)62(52-27-7-2-8-28-52,53-29-9-3-10-30-53)54-31-11-4-12-32-54/h1-41H. The fourth-order valence-corrected chi connectivity index (χ4v) is 13.9. The largest absolute Gasteiger partial charge is 0.310 e. The number of hydrogen-bond acceptors (Lipinski definition) is 3. The van der Waals surface area contributed by atoms with Gasteiger partial charge in [0.15, 0.2) is 13.9 Å². The Balaban J connectivity index is 1.11. The van der Waals surface area contributed by atoms with E-state index in [1.807, 2.05) is 6.07 Å². The predicted molar refractivity (Wildman–Crippen MR) is 261 cm³/mol. The van der Waals surface area contributed by atoms with Gasteiger partial charge in [0.05, 0.1) is 11.4 Å². The molecular formula is C58H41N3Si. The molecule has 11 rings (SSSR count). The zero-order valence-electron chi connectivity index (χ0n) is 34.0. The molecule has 2 heterocycles. The normalized spacial score (nSPS) is 11.8. The van der Waals surface area contributed by atoms with Crippen LogP contribution >= 0.6 is 0 Å². The number of anilines is 3. The summed E-state index contributed by atoms with van der Waals surface area (Å²) in [6, 6.07) is 90.3. The topological polar surface area (TPSA) is 29.0 Å². The zero-order valence-corrected chi connectivity index (χ0v) is 35.0. The summed E-state index contributed by atoms with van der Waals surface area (Å²) in [6.07, 6.45) is 0. The van der Waals surface area contributed by atoms with E-state index in [-0.39, 0.29) is 0 Å². The van der Waals surface area contributed by atoms with Crippen LogP contribution in [-0.2, 0) is 0 Å². The molecule has 0 N–H and O–H groups in total. The van der Waals surface area contributed by atoms with Gasteiger partial charge in [0.25, 0.3) is 0 Å². The summed E-state index contributed by atoms with van der Waals surface area (Å²) in [5, 5.41) is 5.39. The van der Waals surface area contributed by atoms with Crippen LogP contribution in [0.5, 0.6) is 0 Å². The molecule has 1 aliphatic rings. The summed E-state index contributed by atoms with van der Waals surface area (Å²) >= 11 is 0. The van der Waals surface area contributed by atoms with Crippen molar-refractivity contribution in [2.75, 3.05) is 4.90 Å². The summed E-state index contributed by atoms with van der Waals surface area (Å²) in [6.45, 7) is 0. The molecule has 0 fully saturated rings. The second kappa shape index (κ2) is 15.9. The van der Waals surface area contributed by atoms with Crippen LogP contribution in [-0.4, -0.2) is 18.0 Å². The summed E-state index contributed by atoms with van der Waals surface area (Å²) in [5.74, 6) is 0.696. The van der Waals surface area contributed by atoms with Gasteiger partial charge in [-0.2, -0.15) is 0 Å². The maximum atomic E-state index is 5.22. The predicted octanol–water partition coefficient (Wildman–Crippen LogP) is 12.0. The van der Waals surface area contributed by atoms with Crippen molar-refractivity contribution < 1.29 is 0 Å². The Hall–Kier alpha value is -7.92. The van der Waals surface area contributed by atoms with E-state index in [2.05, 4.69) is 248 Å². The fraction of sp³-hybridized carbons (Fsp3) is 0. The minimum absolute atomic E-state index is 0.696. The summed E-state index contributed by atoms with van der Waals surface area (Å²) in [4.78, 5) is 12.8. The van der Waals surface area contributed by atoms with Crippen molar-refractivity contribution >= 4 is 45.9 Å². The summed E-state index contributed by atoms with van der Waals surface area (Å²) in [5.41, 5.74) is 12.5. The molecule has 0 spiro atoms. The van der Waals surface area contributed by atoms with E-state index in [0.717, 1.165) is 67.4 Å². The molecule has 62 heavy (non-hydrogen) atoms. The smallest absolute Gasteiger partial charge is 0.179 e. The van der Waals surface area contributed by atoms with Crippen LogP contribution in [0.3, 0.4) is 0 Å². The second-order valence-electron chi connectivity index (χ2n) is 15.8. The first-order valence-electron chi connectivity index (χ1n) is 21.1. The van der Waals surface area contributed by atoms with Crippen molar-refractivity contribution in [3.05, 3.63) is 249 Å². The Labute approximate surface area is 364 Å². The lowest BCUT2D eigenvalue weighted by molar-refractivity contribution is 1.18. The lowest BCUT2D eigenvalue weighted by Crippen LogP contribution is -2.74. The highest BCUT2D eigenvalue weighted by Crippen LogP contribution is 2.39. The highest BCUT2D eigenvalue weighted by Gasteiger charge is 2.41. The molecule has 10 bridgehead atoms. The summed E-state index contributed by atoms with van der Waals surface area (Å²) < 4.78 is 0. The molecule has 0 aliphatic carbocycles. The van der Waals surface area contributed by atoms with Gasteiger partial charge in [-0.25, -0.2) is 9.97 Å². The lowest BCUT2D eigenvalue weighted by Gasteiger charge is -2.35. The number of hydrogen-bond donors (Lipinski definition) is 0. The Kier molecular flexibility index (Phi) is 9.53. The van der Waals surface area contributed by atoms with E-state index in [1.54, 1.807) is 0 Å². The molecule has 1 aliphatic heterocycles. The number of fused-ring (bicyclic) bond motifs is 14. The van der Waals surface area contributed by atoms with Gasteiger partial charge in [-0.3, -0.25) is 0 Å². The lowest BCUT2D eigenvalue weighted by atomic mass is 9.98. The quantitative estimate of drug-likeness (QED) is 0.124. The number of aromatic nitrogens is 2. The van der Waals surface area contributed by atoms with Crippen molar-refractivity contribution in [2.24, 2.45) is 0 Å². The number of benzene rings is 9. The number of rotatable bonds is 6. The van der Waals surface area contributed by atoms with Gasteiger partial charge in [0.2, 0.25) is 0 Å². The molecule has 0 unspecified atom stereocenters. The van der Waals surface area contributed by atoms with Crippen molar-refractivity contribution in [3.8, 4) is 56.2 Å². The second-order valence-corrected chi connectivity index (χ2v) is 19.6. The highest BCUT2D eigenvalue weighted by atomic mass is 28.3. The van der Waals surface area contributed by atoms with Crippen molar-refractivity contribution in [1.82, 2.24) is 9.97 Å². The maximum absolute atomic E-state index is 5.22. The van der Waals surface area contributed by atoms with E-state index in [0.29, 0.717) is 5.82 Å². The Morgan fingerprint density at radius 2 is 0.629 bits per heavy atom. The zero-order chi connectivity index (χ0) is 41.3. The van der Waals surface area contributed by atoms with Crippen LogP contribution < -0.4 is 25.6 Å². The molecule has 4 heteroatoms. The first kappa shape index (κ1) is 37.1. The van der Waals surface area contributed by atoms with E-state index in [4.69, 9.17) is 9.97 Å². The molecule has 0 atom stereocenters. The molecular weight excluding hydrogens is 767 g/mol. The SMILES string of the molecule is c1ccc(-c2cc3nc(n2)-c2cccc(c2)-c2cccc(c2)N(c2ccc([Si](c4ccccc4)(c4ccccc4)c4ccccc4)cc2)c2cccc(c2)-c2cccc-3c2)cc1. The van der Waals surface area contributed by atoms with Crippen LogP contribution in [0.15, 0.2) is 249 Å². The Morgan fingerprint density at radius 3 is 1.15 bits per heavy atom. The summed E-state index contributed by atoms with van der Waals surface area (Å²) in [7, 11) is -2.71. The van der Waals surface area contributed by atoms with E-state index < -0.39 is 8.07 Å². The Bertz CT molecular complexity index is 2960. The van der Waals surface area contributed by atoms with E-state index in [9.17, 15) is 0 Å². The van der Waals surface area contributed by atoms with Gasteiger partial charge in [0, 0.05) is 33.8 Å². The molecule has 0 radical (unpaired) electrons. The molecule has 3 nitrogen and oxygen atoms in total. The van der Waals surface area contributed by atoms with Crippen LogP contribution in [0.1, 0.15) is 0 Å². The molecule has 0 saturated carbocycles. The first-order valence-corrected chi connectivity index (χ1v) is 23.1. The van der Waals surface area contributed by atoms with Crippen LogP contribution in [0, 0.1) is 0 Å². The van der Waals surface area contributed by atoms with Gasteiger partial charge in [0.1, 0.15) is 0 Å². The monoisotopic (exact) mass is 807 g/mol. The van der Waals surface area contributed by atoms with E-state index in [1.165, 1.54) is 20.7 Å². The highest BCUT2D eigenvalue weighted by molar-refractivity contribution is 7.19. The van der Waals surface area contributed by atoms with Crippen LogP contribution in [0.4, 0.5) is 17.1 Å². The molecule has 1 aromatic heterocycles. The van der Waals surface area contributed by atoms with Gasteiger partial charge >= 0.3 is 0 Å². The first-order chi connectivity index (χ1) is 30.7. The van der Waals surface area contributed by atoms with Crippen molar-refractivity contribution in [1.29, 1.82) is 0 Å². The maximum Gasteiger partial charge on any atom is 0.179 e. The minimum atomic E-state index is -2.71. The third-order valence-corrected chi connectivity index (χ3v) is 16.9. The average molecular weight is 808 g/mol. The third-order valence-electron chi connectivity index (χ3n) is 12.1. The van der Waals surface area contributed by atoms with E-state index >= 15 is 0 Å². The minimum Gasteiger partial charge on any atom is -0.310 e. The van der Waals surface area contributed by atoms with Gasteiger partial charge in [-0.15, -0.1) is 0 Å². The number of nitrogens with zero attached hydrogens (tertiary/aromatic N) is 3. The Morgan fingerprint density at radius 1 is 0.258 bits per heavy atom. The van der Waals surface area contributed by atoms with Gasteiger partial charge in [-0.05, 0) is 97.6 Å². The molecule has 0 amide bonds. The molecule has 10 aromatic rings. The fourth-order valence-electron chi connectivity index (χ4n) is 9.20. The van der Waals surface area contributed by atoms with Gasteiger partial charge in [-0.1, -0.05) is 194 Å².